The summed E-state index contributed by atoms with van der Waals surface area (Å²) in [6, 6.07) is 10.1. The van der Waals surface area contributed by atoms with Gasteiger partial charge >= 0.3 is 12.5 Å². The van der Waals surface area contributed by atoms with Gasteiger partial charge in [0, 0.05) is 6.07 Å². The Morgan fingerprint density at radius 2 is 1.70 bits per heavy atom. The molecule has 0 radical (unpaired) electrons. The van der Waals surface area contributed by atoms with E-state index in [0.29, 0.717) is 0 Å². The minimum absolute atomic E-state index is 1.14. The van der Waals surface area contributed by atoms with Gasteiger partial charge in [-0.2, -0.15) is 0 Å². The molecule has 0 fully saturated rings. The molecule has 0 aliphatic rings. The fourth-order valence-electron chi connectivity index (χ4n) is 0.995. The molecule has 48 valence electrons. The van der Waals surface area contributed by atoms with Crippen LogP contribution in [-0.4, -0.2) is 0 Å². The number of hydrogen-bond donors (Lipinski definition) is 0. The molecule has 2 aromatic rings. The number of hydrogen-bond acceptors (Lipinski definition) is 0. The summed E-state index contributed by atoms with van der Waals surface area (Å²) in [5.41, 5.74) is 0. The van der Waals surface area contributed by atoms with Gasteiger partial charge in [-0.15, -0.1) is 0 Å². The first-order chi connectivity index (χ1) is 4.97. The van der Waals surface area contributed by atoms with Gasteiger partial charge in [0.15, 0.2) is 0 Å². The van der Waals surface area contributed by atoms with Gasteiger partial charge < -0.3 is 0 Å². The van der Waals surface area contributed by atoms with Gasteiger partial charge in [-0.1, -0.05) is 18.2 Å². The van der Waals surface area contributed by atoms with E-state index in [4.69, 9.17) is 4.42 Å². The number of rotatable bonds is 0. The molecule has 10 heavy (non-hydrogen) atoms. The molecule has 1 aromatic heterocycles. The highest BCUT2D eigenvalue weighted by molar-refractivity contribution is 5.80. The highest BCUT2D eigenvalue weighted by Crippen LogP contribution is 2.11. The zero-order valence-electron chi connectivity index (χ0n) is 5.45. The smallest absolute Gasteiger partial charge is 0.224 e. The first-order valence-corrected chi connectivity index (χ1v) is 3.21. The van der Waals surface area contributed by atoms with Crippen LogP contribution in [0.25, 0.3) is 10.8 Å². The van der Waals surface area contributed by atoms with E-state index >= 15 is 0 Å². The largest absolute Gasteiger partial charge is 0.325 e. The highest BCUT2D eigenvalue weighted by atomic mass is 16.3. The monoisotopic (exact) mass is 131 g/mol. The van der Waals surface area contributed by atoms with E-state index in [1.807, 2.05) is 24.3 Å². The lowest BCUT2D eigenvalue weighted by molar-refractivity contribution is 0.557. The maximum Gasteiger partial charge on any atom is 0.325 e. The van der Waals surface area contributed by atoms with Crippen molar-refractivity contribution in [3.05, 3.63) is 42.9 Å². The molecule has 1 heteroatoms. The average molecular weight is 131 g/mol. The molecule has 0 aliphatic carbocycles. The third kappa shape index (κ3) is 0.760. The van der Waals surface area contributed by atoms with Crippen LogP contribution in [0, 0.1) is 0 Å². The van der Waals surface area contributed by atoms with Crippen LogP contribution in [0.2, 0.25) is 0 Å². The Balaban J connectivity index is 2.89. The molecule has 0 bridgehead atoms. The topological polar surface area (TPSA) is 11.3 Å². The molecule has 0 N–H and O–H groups in total. The molecule has 0 amide bonds. The summed E-state index contributed by atoms with van der Waals surface area (Å²) < 4.78 is 4.99. The normalized spacial score (nSPS) is 10.0. The molecule has 0 saturated heterocycles. The van der Waals surface area contributed by atoms with Gasteiger partial charge in [-0.05, 0) is 11.5 Å². The number of fused-ring (bicyclic) bond motifs is 1. The van der Waals surface area contributed by atoms with Crippen LogP contribution >= 0.6 is 0 Å². The predicted octanol–water partition coefficient (Wildman–Crippen LogP) is 2.71. The summed E-state index contributed by atoms with van der Waals surface area (Å²) in [5.74, 6) is 0. The first kappa shape index (κ1) is 5.42. The van der Waals surface area contributed by atoms with Crippen molar-refractivity contribution in [1.29, 1.82) is 0 Å². The molecular weight excluding hydrogens is 124 g/mol. The Morgan fingerprint density at radius 1 is 0.900 bits per heavy atom. The van der Waals surface area contributed by atoms with Crippen molar-refractivity contribution in [2.75, 3.05) is 0 Å². The second-order valence-electron chi connectivity index (χ2n) is 2.19. The van der Waals surface area contributed by atoms with Crippen molar-refractivity contribution in [1.82, 2.24) is 0 Å². The SMILES string of the molecule is c1ccc2c[o+]ccc2c1. The fraction of sp³-hybridized carbons (Fsp3) is 0. The molecule has 1 nitrogen and oxygen atoms in total. The molecule has 0 unspecified atom stereocenters. The Bertz CT molecular complexity index is 276. The summed E-state index contributed by atoms with van der Waals surface area (Å²) in [7, 11) is 0. The second kappa shape index (κ2) is 2.10. The molecule has 0 saturated carbocycles. The van der Waals surface area contributed by atoms with Crippen LogP contribution in [0.1, 0.15) is 0 Å². The quantitative estimate of drug-likeness (QED) is 0.500. The van der Waals surface area contributed by atoms with Crippen LogP contribution in [0.5, 0.6) is 0 Å². The van der Waals surface area contributed by atoms with Crippen molar-refractivity contribution >= 4 is 10.8 Å². The highest BCUT2D eigenvalue weighted by Gasteiger charge is 1.94. The number of benzene rings is 1. The first-order valence-electron chi connectivity index (χ1n) is 3.21. The van der Waals surface area contributed by atoms with Crippen LogP contribution < -0.4 is 0 Å². The lowest BCUT2D eigenvalue weighted by atomic mass is 10.2. The van der Waals surface area contributed by atoms with Crippen LogP contribution in [0.15, 0.2) is 47.3 Å². The van der Waals surface area contributed by atoms with Gasteiger partial charge in [-0.3, -0.25) is 0 Å². The molecule has 0 spiro atoms. The fourth-order valence-corrected chi connectivity index (χ4v) is 0.995. The maximum absolute atomic E-state index is 4.99. The van der Waals surface area contributed by atoms with Crippen LogP contribution in [0.4, 0.5) is 0 Å². The van der Waals surface area contributed by atoms with Gasteiger partial charge in [0.1, 0.15) is 0 Å². The van der Waals surface area contributed by atoms with E-state index in [1.165, 1.54) is 5.39 Å². The van der Waals surface area contributed by atoms with E-state index in [0.717, 1.165) is 5.39 Å². The summed E-state index contributed by atoms with van der Waals surface area (Å²) in [6.45, 7) is 0. The minimum atomic E-state index is 1.14. The third-order valence-electron chi connectivity index (χ3n) is 1.52. The second-order valence-corrected chi connectivity index (χ2v) is 2.19. The summed E-state index contributed by atoms with van der Waals surface area (Å²) in [4.78, 5) is 0. The van der Waals surface area contributed by atoms with Crippen molar-refractivity contribution < 1.29 is 4.42 Å². The van der Waals surface area contributed by atoms with E-state index in [-0.39, 0.29) is 0 Å². The van der Waals surface area contributed by atoms with Crippen molar-refractivity contribution in [3.8, 4) is 0 Å². The molecule has 2 rings (SSSR count). The zero-order chi connectivity index (χ0) is 6.81. The Morgan fingerprint density at radius 3 is 2.50 bits per heavy atom. The third-order valence-corrected chi connectivity index (χ3v) is 1.52. The Labute approximate surface area is 58.9 Å². The molecule has 0 aliphatic heterocycles. The van der Waals surface area contributed by atoms with Crippen LogP contribution in [0.3, 0.4) is 0 Å². The van der Waals surface area contributed by atoms with E-state index in [2.05, 4.69) is 6.07 Å². The molecule has 1 heterocycles. The van der Waals surface area contributed by atoms with Gasteiger partial charge in [0.05, 0.1) is 5.39 Å². The summed E-state index contributed by atoms with van der Waals surface area (Å²) >= 11 is 0. The Hall–Kier alpha value is -1.37. The van der Waals surface area contributed by atoms with Crippen molar-refractivity contribution in [2.45, 2.75) is 0 Å². The molecular formula is C9H7O+. The Kier molecular flexibility index (Phi) is 1.14. The van der Waals surface area contributed by atoms with Gasteiger partial charge in [0.2, 0.25) is 0 Å². The van der Waals surface area contributed by atoms with Crippen molar-refractivity contribution in [2.24, 2.45) is 0 Å². The average Bonchev–Trinajstić information content (AvgIpc) is 2.05. The molecule has 1 aromatic carbocycles. The standard InChI is InChI=1S/C9H7O/c1-2-4-9-7-10-6-5-8(9)3-1/h1-7H/q+1. The zero-order valence-corrected chi connectivity index (χ0v) is 5.45. The van der Waals surface area contributed by atoms with E-state index < -0.39 is 0 Å². The minimum Gasteiger partial charge on any atom is -0.224 e. The lowest BCUT2D eigenvalue weighted by Gasteiger charge is -1.85. The molecule has 0 atom stereocenters. The maximum atomic E-state index is 4.99. The van der Waals surface area contributed by atoms with Gasteiger partial charge in [-0.25, -0.2) is 4.42 Å². The predicted molar refractivity (Wildman–Crippen MR) is 40.6 cm³/mol. The van der Waals surface area contributed by atoms with E-state index in [9.17, 15) is 0 Å². The van der Waals surface area contributed by atoms with Crippen molar-refractivity contribution in [3.63, 3.8) is 0 Å². The summed E-state index contributed by atoms with van der Waals surface area (Å²) in [5, 5.41) is 2.36. The van der Waals surface area contributed by atoms with Crippen LogP contribution in [-0.2, 0) is 0 Å². The van der Waals surface area contributed by atoms with Gasteiger partial charge in [0.25, 0.3) is 0 Å². The van der Waals surface area contributed by atoms with E-state index in [1.54, 1.807) is 12.5 Å². The lowest BCUT2D eigenvalue weighted by Crippen LogP contribution is -1.67. The summed E-state index contributed by atoms with van der Waals surface area (Å²) in [6.07, 6.45) is 3.43.